The molecule has 0 unspecified atom stereocenters. The number of hydrogen-bond acceptors (Lipinski definition) is 2. The summed E-state index contributed by atoms with van der Waals surface area (Å²) >= 11 is 1.13. The van der Waals surface area contributed by atoms with E-state index in [0.29, 0.717) is 22.4 Å². The Morgan fingerprint density at radius 1 is 1.00 bits per heavy atom. The van der Waals surface area contributed by atoms with E-state index in [9.17, 15) is 8.78 Å². The lowest BCUT2D eigenvalue weighted by Gasteiger charge is -2.13. The summed E-state index contributed by atoms with van der Waals surface area (Å²) in [5, 5.41) is 3.26. The lowest BCUT2D eigenvalue weighted by atomic mass is 10.2. The molecule has 0 aliphatic heterocycles. The zero-order valence-electron chi connectivity index (χ0n) is 11.5. The number of halogens is 2. The van der Waals surface area contributed by atoms with Crippen LogP contribution in [0.5, 0.6) is 0 Å². The first kappa shape index (κ1) is 15.0. The zero-order valence-corrected chi connectivity index (χ0v) is 12.3. The molecule has 0 aromatic heterocycles. The maximum atomic E-state index is 14.0. The van der Waals surface area contributed by atoms with Crippen LogP contribution in [0.15, 0.2) is 52.3 Å². The third-order valence-electron chi connectivity index (χ3n) is 2.80. The number of rotatable bonds is 5. The van der Waals surface area contributed by atoms with E-state index in [-0.39, 0.29) is 11.6 Å². The van der Waals surface area contributed by atoms with E-state index >= 15 is 0 Å². The fraction of sp³-hybridized carbons (Fsp3) is 0.250. The number of benzene rings is 2. The summed E-state index contributed by atoms with van der Waals surface area (Å²) < 4.78 is 27.7. The zero-order chi connectivity index (χ0) is 14.5. The van der Waals surface area contributed by atoms with Gasteiger partial charge < -0.3 is 5.32 Å². The summed E-state index contributed by atoms with van der Waals surface area (Å²) in [4.78, 5) is 0.911. The van der Waals surface area contributed by atoms with Gasteiger partial charge in [-0.3, -0.25) is 0 Å². The van der Waals surface area contributed by atoms with Gasteiger partial charge in [-0.1, -0.05) is 49.9 Å². The number of nitrogens with one attached hydrogen (secondary N) is 1. The molecule has 0 bridgehead atoms. The smallest absolute Gasteiger partial charge is 0.137 e. The Bertz CT molecular complexity index is 584. The van der Waals surface area contributed by atoms with Gasteiger partial charge in [-0.2, -0.15) is 0 Å². The summed E-state index contributed by atoms with van der Waals surface area (Å²) in [6, 6.07) is 11.7. The highest BCUT2D eigenvalue weighted by molar-refractivity contribution is 7.99. The Balaban J connectivity index is 2.28. The lowest BCUT2D eigenvalue weighted by Crippen LogP contribution is -2.22. The van der Waals surface area contributed by atoms with Gasteiger partial charge in [-0.15, -0.1) is 0 Å². The summed E-state index contributed by atoms with van der Waals surface area (Å²) in [7, 11) is 0. The van der Waals surface area contributed by atoms with Gasteiger partial charge in [-0.25, -0.2) is 8.78 Å². The van der Waals surface area contributed by atoms with Crippen LogP contribution in [-0.4, -0.2) is 6.04 Å². The molecule has 2 rings (SSSR count). The van der Waals surface area contributed by atoms with Crippen molar-refractivity contribution in [1.29, 1.82) is 0 Å². The van der Waals surface area contributed by atoms with Crippen molar-refractivity contribution in [3.63, 3.8) is 0 Å². The van der Waals surface area contributed by atoms with Gasteiger partial charge in [0.25, 0.3) is 0 Å². The molecule has 0 aliphatic carbocycles. The van der Waals surface area contributed by atoms with Crippen LogP contribution in [0.1, 0.15) is 19.4 Å². The second-order valence-corrected chi connectivity index (χ2v) is 5.85. The van der Waals surface area contributed by atoms with Gasteiger partial charge in [0.1, 0.15) is 11.6 Å². The van der Waals surface area contributed by atoms with Gasteiger partial charge in [-0.05, 0) is 23.8 Å². The fourth-order valence-corrected chi connectivity index (χ4v) is 2.73. The van der Waals surface area contributed by atoms with Gasteiger partial charge in [0.05, 0.1) is 4.90 Å². The molecule has 0 fully saturated rings. The molecule has 0 amide bonds. The molecule has 2 aromatic carbocycles. The molecule has 2 aromatic rings. The first-order valence-electron chi connectivity index (χ1n) is 6.51. The van der Waals surface area contributed by atoms with Crippen LogP contribution in [0.2, 0.25) is 0 Å². The van der Waals surface area contributed by atoms with Crippen molar-refractivity contribution in [2.24, 2.45) is 0 Å². The second kappa shape index (κ2) is 6.86. The van der Waals surface area contributed by atoms with E-state index in [1.54, 1.807) is 24.3 Å². The topological polar surface area (TPSA) is 12.0 Å². The Hall–Kier alpha value is -1.39. The molecule has 0 spiro atoms. The van der Waals surface area contributed by atoms with Crippen molar-refractivity contribution in [2.45, 2.75) is 36.2 Å². The highest BCUT2D eigenvalue weighted by atomic mass is 32.2. The lowest BCUT2D eigenvalue weighted by molar-refractivity contribution is 0.564. The van der Waals surface area contributed by atoms with Crippen LogP contribution in [0.3, 0.4) is 0 Å². The molecule has 0 radical (unpaired) electrons. The van der Waals surface area contributed by atoms with Gasteiger partial charge in [0.15, 0.2) is 0 Å². The summed E-state index contributed by atoms with van der Waals surface area (Å²) in [6.07, 6.45) is 0. The van der Waals surface area contributed by atoms with Crippen LogP contribution < -0.4 is 5.32 Å². The molecule has 0 heterocycles. The van der Waals surface area contributed by atoms with E-state index in [0.717, 1.165) is 17.3 Å². The minimum atomic E-state index is -0.330. The number of hydrogen-bond donors (Lipinski definition) is 1. The van der Waals surface area contributed by atoms with Crippen LogP contribution in [-0.2, 0) is 6.54 Å². The van der Waals surface area contributed by atoms with Crippen molar-refractivity contribution in [2.75, 3.05) is 0 Å². The molecule has 20 heavy (non-hydrogen) atoms. The monoisotopic (exact) mass is 293 g/mol. The van der Waals surface area contributed by atoms with Crippen molar-refractivity contribution >= 4 is 11.8 Å². The third-order valence-corrected chi connectivity index (χ3v) is 4.01. The van der Waals surface area contributed by atoms with Crippen LogP contribution in [0, 0.1) is 11.6 Å². The average molecular weight is 293 g/mol. The normalized spacial score (nSPS) is 11.1. The van der Waals surface area contributed by atoms with Crippen molar-refractivity contribution in [1.82, 2.24) is 5.32 Å². The van der Waals surface area contributed by atoms with Gasteiger partial charge in [0, 0.05) is 17.5 Å². The molecule has 4 heteroatoms. The summed E-state index contributed by atoms with van der Waals surface area (Å²) in [6.45, 7) is 4.62. The Morgan fingerprint density at radius 2 is 1.70 bits per heavy atom. The van der Waals surface area contributed by atoms with Crippen molar-refractivity contribution in [3.8, 4) is 0 Å². The second-order valence-electron chi connectivity index (χ2n) is 4.80. The Kier molecular flexibility index (Phi) is 5.15. The molecule has 0 saturated carbocycles. The predicted octanol–water partition coefficient (Wildman–Crippen LogP) is 4.61. The highest BCUT2D eigenvalue weighted by Gasteiger charge is 2.12. The Labute approximate surface area is 122 Å². The highest BCUT2D eigenvalue weighted by Crippen LogP contribution is 2.34. The first-order valence-corrected chi connectivity index (χ1v) is 7.32. The van der Waals surface area contributed by atoms with Crippen molar-refractivity contribution < 1.29 is 8.78 Å². The molecule has 0 aliphatic rings. The van der Waals surface area contributed by atoms with E-state index in [1.165, 1.54) is 12.1 Å². The van der Waals surface area contributed by atoms with E-state index in [4.69, 9.17) is 0 Å². The molecule has 0 atom stereocenters. The largest absolute Gasteiger partial charge is 0.310 e. The van der Waals surface area contributed by atoms with Gasteiger partial charge in [0.2, 0.25) is 0 Å². The van der Waals surface area contributed by atoms with E-state index < -0.39 is 0 Å². The summed E-state index contributed by atoms with van der Waals surface area (Å²) in [5.41, 5.74) is 0.840. The molecule has 1 N–H and O–H groups in total. The SMILES string of the molecule is CC(C)NCc1cccc(F)c1Sc1ccccc1F. The first-order chi connectivity index (χ1) is 9.58. The minimum Gasteiger partial charge on any atom is -0.310 e. The maximum Gasteiger partial charge on any atom is 0.137 e. The molecule has 1 nitrogen and oxygen atoms in total. The quantitative estimate of drug-likeness (QED) is 0.863. The minimum absolute atomic E-state index is 0.310. The fourth-order valence-electron chi connectivity index (χ4n) is 1.76. The average Bonchev–Trinajstić information content (AvgIpc) is 2.41. The van der Waals surface area contributed by atoms with E-state index in [2.05, 4.69) is 5.32 Å². The predicted molar refractivity (Wildman–Crippen MR) is 78.9 cm³/mol. The van der Waals surface area contributed by atoms with Crippen LogP contribution in [0.25, 0.3) is 0 Å². The summed E-state index contributed by atoms with van der Waals surface area (Å²) in [5.74, 6) is -0.648. The van der Waals surface area contributed by atoms with Gasteiger partial charge >= 0.3 is 0 Å². The van der Waals surface area contributed by atoms with Crippen molar-refractivity contribution in [3.05, 3.63) is 59.7 Å². The molecule has 106 valence electrons. The standard InChI is InChI=1S/C16H17F2NS/c1-11(2)19-10-12-6-5-8-14(18)16(12)20-15-9-4-3-7-13(15)17/h3-9,11,19H,10H2,1-2H3. The third kappa shape index (κ3) is 3.81. The van der Waals surface area contributed by atoms with Crippen LogP contribution in [0.4, 0.5) is 8.78 Å². The van der Waals surface area contributed by atoms with Crippen LogP contribution >= 0.6 is 11.8 Å². The molecule has 0 saturated heterocycles. The van der Waals surface area contributed by atoms with E-state index in [1.807, 2.05) is 19.9 Å². The molecular weight excluding hydrogens is 276 g/mol. The Morgan fingerprint density at radius 3 is 2.40 bits per heavy atom. The maximum absolute atomic E-state index is 14.0. The molecular formula is C16H17F2NS.